The van der Waals surface area contributed by atoms with E-state index in [9.17, 15) is 0 Å². The van der Waals surface area contributed by atoms with Gasteiger partial charge in [-0.3, -0.25) is 0 Å². The molecule has 0 N–H and O–H groups in total. The minimum absolute atomic E-state index is 0.521. The summed E-state index contributed by atoms with van der Waals surface area (Å²) in [4.78, 5) is 9.32. The summed E-state index contributed by atoms with van der Waals surface area (Å²) >= 11 is 0. The summed E-state index contributed by atoms with van der Waals surface area (Å²) in [7, 11) is 11.0. The van der Waals surface area contributed by atoms with Crippen molar-refractivity contribution >= 4 is 23.2 Å². The lowest BCUT2D eigenvalue weighted by atomic mass is 10.3. The van der Waals surface area contributed by atoms with E-state index in [0.717, 1.165) is 23.0 Å². The van der Waals surface area contributed by atoms with Crippen LogP contribution in [0, 0.1) is 0 Å². The van der Waals surface area contributed by atoms with Gasteiger partial charge in [0.2, 0.25) is 0 Å². The number of aryl methyl sites for hydroxylation is 4. The molecule has 0 saturated heterocycles. The summed E-state index contributed by atoms with van der Waals surface area (Å²) in [6.07, 6.45) is 7.80. The van der Waals surface area contributed by atoms with E-state index in [1.165, 1.54) is 0 Å². The van der Waals surface area contributed by atoms with Gasteiger partial charge in [0.05, 0.1) is 53.8 Å². The Morgan fingerprint density at radius 1 is 0.595 bits per heavy atom. The van der Waals surface area contributed by atoms with Crippen molar-refractivity contribution in [1.82, 2.24) is 9.13 Å². The number of aromatic nitrogens is 4. The van der Waals surface area contributed by atoms with Crippen molar-refractivity contribution in [3.8, 4) is 23.0 Å². The van der Waals surface area contributed by atoms with Gasteiger partial charge in [0.1, 0.15) is 47.8 Å². The summed E-state index contributed by atoms with van der Waals surface area (Å²) in [6, 6.07) is 22.5. The van der Waals surface area contributed by atoms with Crippen molar-refractivity contribution in [1.29, 1.82) is 0 Å². The third-order valence-corrected chi connectivity index (χ3v) is 6.55. The SMILES string of the molecule is COC(=Nc1ccc(Oc2cccc(Oc3ccc(N=C(OC)c4n(C)cc[n+]4C)cc3)c2)cc1)c1n(C)cc[n+]1C. The van der Waals surface area contributed by atoms with Crippen LogP contribution in [0.15, 0.2) is 108 Å². The van der Waals surface area contributed by atoms with Crippen LogP contribution in [0.4, 0.5) is 11.4 Å². The van der Waals surface area contributed by atoms with Crippen LogP contribution in [0.5, 0.6) is 23.0 Å². The molecule has 5 aromatic rings. The third kappa shape index (κ3) is 6.33. The normalized spacial score (nSPS) is 11.9. The predicted molar refractivity (Wildman–Crippen MR) is 159 cm³/mol. The van der Waals surface area contributed by atoms with Crippen molar-refractivity contribution in [2.45, 2.75) is 0 Å². The lowest BCUT2D eigenvalue weighted by molar-refractivity contribution is -0.672. The number of ether oxygens (including phenoxy) is 4. The molecule has 10 heteroatoms. The van der Waals surface area contributed by atoms with Gasteiger partial charge in [0, 0.05) is 6.07 Å². The van der Waals surface area contributed by atoms with Crippen molar-refractivity contribution in [3.05, 3.63) is 109 Å². The summed E-state index contributed by atoms with van der Waals surface area (Å²) in [5.74, 6) is 5.42. The summed E-state index contributed by atoms with van der Waals surface area (Å²) in [5, 5.41) is 0. The molecular formula is C32H34N6O4+2. The Labute approximate surface area is 245 Å². The third-order valence-electron chi connectivity index (χ3n) is 6.55. The molecule has 0 radical (unpaired) electrons. The lowest BCUT2D eigenvalue weighted by Gasteiger charge is -2.10. The standard InChI is InChI=1S/C32H34N6O4/c1-35-18-19-36(2)31(35)29(39-5)33-23-10-14-25(15-11-23)41-27-8-7-9-28(22-27)42-26-16-12-24(13-17-26)34-30(40-6)32-37(3)20-21-38(32)4/h7-22H,1-6H3/q+2. The predicted octanol–water partition coefficient (Wildman–Crippen LogP) is 5.05. The first-order chi connectivity index (χ1) is 20.3. The van der Waals surface area contributed by atoms with Crippen molar-refractivity contribution < 1.29 is 28.1 Å². The first kappa shape index (κ1) is 28.2. The number of aliphatic imine (C=N–C) groups is 2. The zero-order chi connectivity index (χ0) is 29.6. The fraction of sp³-hybridized carbons (Fsp3) is 0.188. The van der Waals surface area contributed by atoms with Gasteiger partial charge in [-0.15, -0.1) is 0 Å². The maximum atomic E-state index is 6.08. The minimum atomic E-state index is 0.521. The van der Waals surface area contributed by atoms with E-state index in [2.05, 4.69) is 9.98 Å². The second kappa shape index (κ2) is 12.4. The molecule has 3 aromatic carbocycles. The van der Waals surface area contributed by atoms with Crippen LogP contribution in [0.1, 0.15) is 11.6 Å². The van der Waals surface area contributed by atoms with E-state index in [-0.39, 0.29) is 0 Å². The second-order valence-electron chi connectivity index (χ2n) is 9.60. The number of hydrogen-bond acceptors (Lipinski definition) is 6. The number of hydrogen-bond donors (Lipinski definition) is 0. The van der Waals surface area contributed by atoms with E-state index >= 15 is 0 Å². The molecule has 0 atom stereocenters. The largest absolute Gasteiger partial charge is 0.475 e. The molecule has 0 saturated carbocycles. The van der Waals surface area contributed by atoms with Gasteiger partial charge >= 0.3 is 23.4 Å². The molecule has 0 aliphatic heterocycles. The molecule has 214 valence electrons. The molecule has 0 aliphatic carbocycles. The van der Waals surface area contributed by atoms with Crippen LogP contribution in [0.25, 0.3) is 0 Å². The van der Waals surface area contributed by atoms with Gasteiger partial charge in [0.15, 0.2) is 0 Å². The highest BCUT2D eigenvalue weighted by molar-refractivity contribution is 5.91. The molecule has 0 unspecified atom stereocenters. The molecule has 0 amide bonds. The van der Waals surface area contributed by atoms with Gasteiger partial charge in [-0.1, -0.05) is 6.07 Å². The Bertz CT molecular complexity index is 1570. The monoisotopic (exact) mass is 566 g/mol. The van der Waals surface area contributed by atoms with Crippen LogP contribution in [0.3, 0.4) is 0 Å². The maximum absolute atomic E-state index is 6.08. The average molecular weight is 567 g/mol. The van der Waals surface area contributed by atoms with Crippen LogP contribution >= 0.6 is 0 Å². The Morgan fingerprint density at radius 2 is 1.00 bits per heavy atom. The van der Waals surface area contributed by atoms with Crippen LogP contribution in [-0.4, -0.2) is 35.1 Å². The Morgan fingerprint density at radius 3 is 1.33 bits per heavy atom. The number of nitrogens with zero attached hydrogens (tertiary/aromatic N) is 6. The molecule has 42 heavy (non-hydrogen) atoms. The molecular weight excluding hydrogens is 532 g/mol. The topological polar surface area (TPSA) is 79.3 Å². The quantitative estimate of drug-likeness (QED) is 0.150. The molecule has 10 nitrogen and oxygen atoms in total. The summed E-state index contributed by atoms with van der Waals surface area (Å²) in [5.41, 5.74) is 1.50. The van der Waals surface area contributed by atoms with Gasteiger partial charge < -0.3 is 18.9 Å². The van der Waals surface area contributed by atoms with Crippen LogP contribution in [-0.2, 0) is 37.7 Å². The highest BCUT2D eigenvalue weighted by Gasteiger charge is 2.21. The molecule has 0 aliphatic rings. The van der Waals surface area contributed by atoms with E-state index in [1.54, 1.807) is 14.2 Å². The second-order valence-corrected chi connectivity index (χ2v) is 9.60. The number of imidazole rings is 2. The van der Waals surface area contributed by atoms with Crippen LogP contribution in [0.2, 0.25) is 0 Å². The lowest BCUT2D eigenvalue weighted by Crippen LogP contribution is -2.35. The number of rotatable bonds is 8. The fourth-order valence-corrected chi connectivity index (χ4v) is 4.44. The summed E-state index contributed by atoms with van der Waals surface area (Å²) < 4.78 is 31.1. The van der Waals surface area contributed by atoms with Crippen LogP contribution < -0.4 is 18.6 Å². The molecule has 0 spiro atoms. The van der Waals surface area contributed by atoms with E-state index in [0.29, 0.717) is 34.8 Å². The highest BCUT2D eigenvalue weighted by atomic mass is 16.5. The average Bonchev–Trinajstić information content (AvgIpc) is 3.51. The van der Waals surface area contributed by atoms with E-state index in [4.69, 9.17) is 18.9 Å². The minimum Gasteiger partial charge on any atom is -0.475 e. The van der Waals surface area contributed by atoms with Gasteiger partial charge in [-0.25, -0.2) is 28.3 Å². The molecule has 0 bridgehead atoms. The molecule has 2 heterocycles. The smallest absolute Gasteiger partial charge is 0.344 e. The van der Waals surface area contributed by atoms with E-state index < -0.39 is 0 Å². The molecule has 5 rings (SSSR count). The zero-order valence-corrected chi connectivity index (χ0v) is 24.6. The Kier molecular flexibility index (Phi) is 8.33. The highest BCUT2D eigenvalue weighted by Crippen LogP contribution is 2.30. The molecule has 2 aromatic heterocycles. The van der Waals surface area contributed by atoms with Crippen molar-refractivity contribution in [2.75, 3.05) is 14.2 Å². The van der Waals surface area contributed by atoms with Gasteiger partial charge in [-0.05, 0) is 60.7 Å². The van der Waals surface area contributed by atoms with Gasteiger partial charge in [0.25, 0.3) is 0 Å². The first-order valence-electron chi connectivity index (χ1n) is 13.3. The fourth-order valence-electron chi connectivity index (χ4n) is 4.44. The number of methoxy groups -OCH3 is 2. The first-order valence-corrected chi connectivity index (χ1v) is 13.3. The van der Waals surface area contributed by atoms with Crippen molar-refractivity contribution in [2.24, 2.45) is 38.2 Å². The van der Waals surface area contributed by atoms with Crippen molar-refractivity contribution in [3.63, 3.8) is 0 Å². The zero-order valence-electron chi connectivity index (χ0n) is 24.6. The van der Waals surface area contributed by atoms with E-state index in [1.807, 2.05) is 144 Å². The number of benzene rings is 3. The molecule has 0 fully saturated rings. The van der Waals surface area contributed by atoms with Gasteiger partial charge in [-0.2, -0.15) is 0 Å². The summed E-state index contributed by atoms with van der Waals surface area (Å²) in [6.45, 7) is 0. The maximum Gasteiger partial charge on any atom is 0.344 e. The Hall–Kier alpha value is -5.38. The Balaban J connectivity index is 1.25.